The molecular formula is C11H17NO2. The van der Waals surface area contributed by atoms with Crippen molar-refractivity contribution in [3.05, 3.63) is 36.6 Å². The Morgan fingerprint density at radius 3 is 2.79 bits per heavy atom. The Bertz CT molecular complexity index is 250. The molecule has 3 nitrogen and oxygen atoms in total. The van der Waals surface area contributed by atoms with E-state index >= 15 is 0 Å². The summed E-state index contributed by atoms with van der Waals surface area (Å²) < 4.78 is 0. The molecule has 0 bridgehead atoms. The SMILES string of the molecule is C=CCN1C=CC=C(C)C1.CC(=O)O. The topological polar surface area (TPSA) is 40.5 Å². The van der Waals surface area contributed by atoms with Gasteiger partial charge in [-0.1, -0.05) is 17.7 Å². The van der Waals surface area contributed by atoms with E-state index in [0.29, 0.717) is 0 Å². The van der Waals surface area contributed by atoms with E-state index in [4.69, 9.17) is 9.90 Å². The van der Waals surface area contributed by atoms with Gasteiger partial charge in [-0.05, 0) is 19.2 Å². The standard InChI is InChI=1S/C9H13N.C2H4O2/c1-3-6-10-7-4-5-9(2)8-10;1-2(3)4/h3-5,7H,1,6,8H2,2H3;1H3,(H,3,4). The number of allylic oxidation sites excluding steroid dienone is 2. The molecule has 0 atom stereocenters. The van der Waals surface area contributed by atoms with Crippen LogP contribution < -0.4 is 0 Å². The molecule has 0 unspecified atom stereocenters. The lowest BCUT2D eigenvalue weighted by atomic mass is 10.2. The zero-order chi connectivity index (χ0) is 11.0. The van der Waals surface area contributed by atoms with Crippen LogP contribution in [0.3, 0.4) is 0 Å². The van der Waals surface area contributed by atoms with Crippen molar-refractivity contribution in [1.82, 2.24) is 4.90 Å². The van der Waals surface area contributed by atoms with Crippen LogP contribution in [0.25, 0.3) is 0 Å². The molecule has 0 aromatic carbocycles. The molecular weight excluding hydrogens is 178 g/mol. The molecule has 0 aromatic heterocycles. The number of hydrogen-bond acceptors (Lipinski definition) is 2. The van der Waals surface area contributed by atoms with E-state index in [-0.39, 0.29) is 0 Å². The molecule has 78 valence electrons. The minimum absolute atomic E-state index is 0.833. The van der Waals surface area contributed by atoms with Crippen molar-refractivity contribution in [2.45, 2.75) is 13.8 Å². The van der Waals surface area contributed by atoms with Crippen LogP contribution in [0.1, 0.15) is 13.8 Å². The van der Waals surface area contributed by atoms with Gasteiger partial charge in [-0.2, -0.15) is 0 Å². The smallest absolute Gasteiger partial charge is 0.300 e. The van der Waals surface area contributed by atoms with Crippen molar-refractivity contribution >= 4 is 5.97 Å². The second kappa shape index (κ2) is 6.95. The van der Waals surface area contributed by atoms with Gasteiger partial charge in [0.05, 0.1) is 0 Å². The molecule has 1 aliphatic rings. The second-order valence-electron chi connectivity index (χ2n) is 3.09. The van der Waals surface area contributed by atoms with Crippen molar-refractivity contribution in [3.8, 4) is 0 Å². The van der Waals surface area contributed by atoms with Crippen LogP contribution in [0.5, 0.6) is 0 Å². The first-order valence-corrected chi connectivity index (χ1v) is 4.44. The zero-order valence-electron chi connectivity index (χ0n) is 8.73. The highest BCUT2D eigenvalue weighted by Crippen LogP contribution is 2.05. The molecule has 3 heteroatoms. The maximum absolute atomic E-state index is 9.00. The van der Waals surface area contributed by atoms with Crippen LogP contribution >= 0.6 is 0 Å². The second-order valence-corrected chi connectivity index (χ2v) is 3.09. The third kappa shape index (κ3) is 7.16. The molecule has 0 aromatic rings. The molecule has 1 N–H and O–H groups in total. The van der Waals surface area contributed by atoms with Crippen LogP contribution in [0, 0.1) is 0 Å². The highest BCUT2D eigenvalue weighted by molar-refractivity contribution is 5.62. The molecule has 1 rings (SSSR count). The van der Waals surface area contributed by atoms with Gasteiger partial charge in [0.15, 0.2) is 0 Å². The molecule has 0 saturated carbocycles. The van der Waals surface area contributed by atoms with E-state index in [9.17, 15) is 0 Å². The highest BCUT2D eigenvalue weighted by Gasteiger charge is 1.99. The van der Waals surface area contributed by atoms with Gasteiger partial charge < -0.3 is 10.0 Å². The number of hydrogen-bond donors (Lipinski definition) is 1. The number of aliphatic carboxylic acids is 1. The van der Waals surface area contributed by atoms with Crippen LogP contribution in [-0.4, -0.2) is 29.1 Å². The van der Waals surface area contributed by atoms with E-state index in [1.807, 2.05) is 6.08 Å². The van der Waals surface area contributed by atoms with Gasteiger partial charge in [-0.25, -0.2) is 0 Å². The fourth-order valence-corrected chi connectivity index (χ4v) is 1.05. The van der Waals surface area contributed by atoms with Crippen molar-refractivity contribution in [2.75, 3.05) is 13.1 Å². The molecule has 0 spiro atoms. The molecule has 14 heavy (non-hydrogen) atoms. The highest BCUT2D eigenvalue weighted by atomic mass is 16.4. The lowest BCUT2D eigenvalue weighted by molar-refractivity contribution is -0.134. The minimum Gasteiger partial charge on any atom is -0.481 e. The molecule has 0 amide bonds. The van der Waals surface area contributed by atoms with Crippen LogP contribution in [-0.2, 0) is 4.79 Å². The average molecular weight is 195 g/mol. The predicted molar refractivity (Wildman–Crippen MR) is 58.0 cm³/mol. The maximum Gasteiger partial charge on any atom is 0.300 e. The summed E-state index contributed by atoms with van der Waals surface area (Å²) in [5.74, 6) is -0.833. The summed E-state index contributed by atoms with van der Waals surface area (Å²) in [5, 5.41) is 7.42. The molecule has 0 fully saturated rings. The van der Waals surface area contributed by atoms with Gasteiger partial charge in [0.25, 0.3) is 5.97 Å². The predicted octanol–water partition coefficient (Wildman–Crippen LogP) is 2.04. The van der Waals surface area contributed by atoms with Crippen LogP contribution in [0.15, 0.2) is 36.6 Å². The Hall–Kier alpha value is -1.51. The Morgan fingerprint density at radius 1 is 1.79 bits per heavy atom. The molecule has 1 heterocycles. The zero-order valence-corrected chi connectivity index (χ0v) is 8.73. The fraction of sp³-hybridized carbons (Fsp3) is 0.364. The van der Waals surface area contributed by atoms with E-state index in [1.165, 1.54) is 5.57 Å². The maximum atomic E-state index is 9.00. The monoisotopic (exact) mass is 195 g/mol. The van der Waals surface area contributed by atoms with Crippen LogP contribution in [0.2, 0.25) is 0 Å². The third-order valence-corrected chi connectivity index (χ3v) is 1.49. The first-order chi connectivity index (χ1) is 6.56. The number of nitrogens with zero attached hydrogens (tertiary/aromatic N) is 1. The van der Waals surface area contributed by atoms with Crippen molar-refractivity contribution < 1.29 is 9.90 Å². The number of carbonyl (C=O) groups is 1. The Labute approximate surface area is 85.0 Å². The van der Waals surface area contributed by atoms with Gasteiger partial charge in [0.1, 0.15) is 0 Å². The largest absolute Gasteiger partial charge is 0.481 e. The Kier molecular flexibility index (Phi) is 6.20. The normalized spacial score (nSPS) is 13.9. The fourth-order valence-electron chi connectivity index (χ4n) is 1.05. The van der Waals surface area contributed by atoms with E-state index < -0.39 is 5.97 Å². The summed E-state index contributed by atoms with van der Waals surface area (Å²) in [6.07, 6.45) is 8.22. The quantitative estimate of drug-likeness (QED) is 0.685. The molecule has 0 aliphatic carbocycles. The Balaban J connectivity index is 0.000000364. The number of carboxylic acid groups (broad SMARTS) is 1. The summed E-state index contributed by atoms with van der Waals surface area (Å²) in [6, 6.07) is 0. The number of carboxylic acids is 1. The first-order valence-electron chi connectivity index (χ1n) is 4.44. The summed E-state index contributed by atoms with van der Waals surface area (Å²) in [5.41, 5.74) is 1.41. The summed E-state index contributed by atoms with van der Waals surface area (Å²) in [6.45, 7) is 8.90. The third-order valence-electron chi connectivity index (χ3n) is 1.49. The molecule has 1 aliphatic heterocycles. The number of rotatable bonds is 2. The lowest BCUT2D eigenvalue weighted by Gasteiger charge is -2.21. The first kappa shape index (κ1) is 12.5. The van der Waals surface area contributed by atoms with Gasteiger partial charge >= 0.3 is 0 Å². The lowest BCUT2D eigenvalue weighted by Crippen LogP contribution is -2.20. The van der Waals surface area contributed by atoms with Crippen LogP contribution in [0.4, 0.5) is 0 Å². The Morgan fingerprint density at radius 2 is 2.36 bits per heavy atom. The van der Waals surface area contributed by atoms with E-state index in [1.54, 1.807) is 0 Å². The van der Waals surface area contributed by atoms with Gasteiger partial charge in [0.2, 0.25) is 0 Å². The van der Waals surface area contributed by atoms with Crippen molar-refractivity contribution in [2.24, 2.45) is 0 Å². The van der Waals surface area contributed by atoms with Gasteiger partial charge in [-0.3, -0.25) is 4.79 Å². The average Bonchev–Trinajstić information content (AvgIpc) is 2.03. The van der Waals surface area contributed by atoms with E-state index in [0.717, 1.165) is 20.0 Å². The van der Waals surface area contributed by atoms with Crippen molar-refractivity contribution in [3.63, 3.8) is 0 Å². The molecule has 0 radical (unpaired) electrons. The summed E-state index contributed by atoms with van der Waals surface area (Å²) in [4.78, 5) is 11.2. The van der Waals surface area contributed by atoms with E-state index in [2.05, 4.69) is 36.8 Å². The van der Waals surface area contributed by atoms with Gasteiger partial charge in [0, 0.05) is 20.0 Å². The minimum atomic E-state index is -0.833. The van der Waals surface area contributed by atoms with Crippen molar-refractivity contribution in [1.29, 1.82) is 0 Å². The summed E-state index contributed by atoms with van der Waals surface area (Å²) in [7, 11) is 0. The van der Waals surface area contributed by atoms with Gasteiger partial charge in [-0.15, -0.1) is 6.58 Å². The molecule has 0 saturated heterocycles. The summed E-state index contributed by atoms with van der Waals surface area (Å²) >= 11 is 0.